The SMILES string of the molecule is [2H]C([2H])([2H])n1nc(C([2H])([2H])C([2H])([2H])C([2H])([2H])[2H])c2nc(-c3cc(S(=O)(=O)NC([2H])([2H])C([2H])([2H])C4CCCN4C)ccc3OCCC)[nH]c(=O)c21. The molecule has 1 unspecified atom stereocenters. The van der Waals surface area contributed by atoms with Crippen molar-refractivity contribution in [3.05, 3.63) is 34.2 Å². The zero-order chi connectivity index (χ0) is 38.0. The first-order valence-corrected chi connectivity index (χ1v) is 12.7. The molecule has 0 aliphatic carbocycles. The molecular weight excluding hydrogens is 480 g/mol. The molecule has 196 valence electrons. The molecule has 2 N–H and O–H groups in total. The van der Waals surface area contributed by atoms with Crippen molar-refractivity contribution in [3.8, 4) is 17.1 Å². The minimum absolute atomic E-state index is 0.0606. The van der Waals surface area contributed by atoms with Crippen molar-refractivity contribution in [1.82, 2.24) is 29.4 Å². The van der Waals surface area contributed by atoms with Crippen LogP contribution in [0.25, 0.3) is 22.4 Å². The smallest absolute Gasteiger partial charge is 0.277 e. The van der Waals surface area contributed by atoms with Crippen LogP contribution in [0.1, 0.15) is 70.7 Å². The van der Waals surface area contributed by atoms with Gasteiger partial charge in [-0.3, -0.25) is 9.48 Å². The third kappa shape index (κ3) is 5.47. The maximum Gasteiger partial charge on any atom is 0.277 e. The molecule has 1 aliphatic rings. The molecule has 36 heavy (non-hydrogen) atoms. The van der Waals surface area contributed by atoms with E-state index in [0.717, 1.165) is 18.2 Å². The third-order valence-electron chi connectivity index (χ3n) is 5.63. The molecule has 1 fully saturated rings. The molecule has 0 radical (unpaired) electrons. The first-order chi connectivity index (χ1) is 22.6. The van der Waals surface area contributed by atoms with Gasteiger partial charge in [-0.2, -0.15) is 5.10 Å². The number of rotatable bonds is 11. The minimum atomic E-state index is -4.87. The van der Waals surface area contributed by atoms with Gasteiger partial charge in [0.2, 0.25) is 10.0 Å². The molecule has 0 amide bonds. The predicted octanol–water partition coefficient (Wildman–Crippen LogP) is 2.83. The normalized spacial score (nSPS) is 24.8. The number of H-pyrrole nitrogens is 1. The number of aromatic nitrogens is 4. The minimum Gasteiger partial charge on any atom is -0.493 e. The summed E-state index contributed by atoms with van der Waals surface area (Å²) < 4.78 is 148. The summed E-state index contributed by atoms with van der Waals surface area (Å²) in [4.78, 5) is 20.9. The number of nitrogens with one attached hydrogen (secondary N) is 2. The highest BCUT2D eigenvalue weighted by molar-refractivity contribution is 7.89. The molecule has 11 heteroatoms. The van der Waals surface area contributed by atoms with Gasteiger partial charge in [-0.05, 0) is 63.8 Å². The zero-order valence-electron chi connectivity index (χ0n) is 33.7. The molecule has 0 bridgehead atoms. The molecule has 3 aromatic rings. The largest absolute Gasteiger partial charge is 0.493 e. The summed E-state index contributed by atoms with van der Waals surface area (Å²) in [6, 6.07) is 2.15. The molecule has 1 aromatic carbocycles. The van der Waals surface area contributed by atoms with Crippen molar-refractivity contribution >= 4 is 21.1 Å². The predicted molar refractivity (Wildman–Crippen MR) is 140 cm³/mol. The van der Waals surface area contributed by atoms with E-state index in [9.17, 15) is 13.2 Å². The summed E-state index contributed by atoms with van der Waals surface area (Å²) in [5, 5.41) is 3.63. The number of hydrogen-bond acceptors (Lipinski definition) is 7. The van der Waals surface area contributed by atoms with Crippen LogP contribution in [0.4, 0.5) is 0 Å². The highest BCUT2D eigenvalue weighted by Crippen LogP contribution is 2.31. The topological polar surface area (TPSA) is 122 Å². The van der Waals surface area contributed by atoms with Crippen molar-refractivity contribution in [3.63, 3.8) is 0 Å². The van der Waals surface area contributed by atoms with Crippen LogP contribution in [0, 0.1) is 0 Å². The lowest BCUT2D eigenvalue weighted by Crippen LogP contribution is -2.31. The molecule has 1 atom stereocenters. The first-order valence-electron chi connectivity index (χ1n) is 18.2. The lowest BCUT2D eigenvalue weighted by atomic mass is 10.1. The van der Waals surface area contributed by atoms with Crippen LogP contribution in [0.5, 0.6) is 5.75 Å². The fraction of sp³-hybridized carbons (Fsp3) is 0.560. The second-order valence-electron chi connectivity index (χ2n) is 8.14. The van der Waals surface area contributed by atoms with Gasteiger partial charge < -0.3 is 14.6 Å². The van der Waals surface area contributed by atoms with E-state index in [1.807, 2.05) is 0 Å². The number of aromatic amines is 1. The Morgan fingerprint density at radius 2 is 2.25 bits per heavy atom. The Balaban J connectivity index is 1.95. The molecule has 0 spiro atoms. The number of fused-ring (bicyclic) bond motifs is 1. The monoisotopic (exact) mass is 530 g/mol. The van der Waals surface area contributed by atoms with Crippen molar-refractivity contribution in [2.24, 2.45) is 6.98 Å². The second kappa shape index (κ2) is 11.1. The lowest BCUT2D eigenvalue weighted by Gasteiger charge is -2.19. The maximum atomic E-state index is 13.6. The number of benzene rings is 1. The number of nitrogens with zero attached hydrogens (tertiary/aromatic N) is 4. The molecular formula is C25H36N6O4S. The van der Waals surface area contributed by atoms with Gasteiger partial charge in [-0.25, -0.2) is 18.1 Å². The first kappa shape index (κ1) is 13.7. The fourth-order valence-corrected chi connectivity index (χ4v) is 4.66. The van der Waals surface area contributed by atoms with Crippen LogP contribution in [-0.4, -0.2) is 65.8 Å². The van der Waals surface area contributed by atoms with Crippen molar-refractivity contribution < 1.29 is 32.3 Å². The average Bonchev–Trinajstić information content (AvgIpc) is 3.59. The Bertz CT molecular complexity index is 1920. The number of ether oxygens (including phenoxy) is 1. The summed E-state index contributed by atoms with van der Waals surface area (Å²) >= 11 is 0. The van der Waals surface area contributed by atoms with E-state index < -0.39 is 88.5 Å². The Morgan fingerprint density at radius 1 is 1.39 bits per heavy atom. The average molecular weight is 531 g/mol. The van der Waals surface area contributed by atoms with E-state index in [1.54, 1.807) is 23.6 Å². The van der Waals surface area contributed by atoms with Crippen molar-refractivity contribution in [2.45, 2.75) is 63.1 Å². The zero-order valence-corrected chi connectivity index (χ0v) is 20.5. The number of aryl methyl sites for hydroxylation is 2. The molecule has 4 rings (SSSR count). The van der Waals surface area contributed by atoms with E-state index >= 15 is 0 Å². The molecule has 10 nitrogen and oxygen atoms in total. The van der Waals surface area contributed by atoms with Crippen LogP contribution >= 0.6 is 0 Å². The molecule has 1 aliphatic heterocycles. The second-order valence-corrected chi connectivity index (χ2v) is 9.82. The van der Waals surface area contributed by atoms with Gasteiger partial charge >= 0.3 is 0 Å². The lowest BCUT2D eigenvalue weighted by molar-refractivity contribution is 0.297. The molecule has 2 aromatic heterocycles. The Hall–Kier alpha value is -2.76. The van der Waals surface area contributed by atoms with Crippen LogP contribution in [-0.2, 0) is 23.4 Å². The van der Waals surface area contributed by atoms with Gasteiger partial charge in [0.15, 0.2) is 5.52 Å². The van der Waals surface area contributed by atoms with Gasteiger partial charge in [-0.1, -0.05) is 20.1 Å². The Morgan fingerprint density at radius 3 is 2.97 bits per heavy atom. The van der Waals surface area contributed by atoms with Gasteiger partial charge in [-0.15, -0.1) is 0 Å². The van der Waals surface area contributed by atoms with E-state index in [0.29, 0.717) is 19.4 Å². The summed E-state index contributed by atoms with van der Waals surface area (Å²) in [6.45, 7) is -7.67. The standard InChI is InChI=1S/C25H36N6O4S/c1-5-8-20-22-23(31(4)29-20)25(32)28-24(27-22)19-16-18(10-11-21(19)35-15-6-2)36(33,34)26-13-12-17-9-7-14-30(17)3/h10-11,16-17,26H,5-9,12-15H2,1-4H3,(H,27,28,32)/i1D3,4D3,5D2,8D2,12D2,13D2. The third-order valence-corrected chi connectivity index (χ3v) is 6.88. The number of sulfonamides is 1. The summed E-state index contributed by atoms with van der Waals surface area (Å²) in [6.07, 6.45) is -8.62. The van der Waals surface area contributed by atoms with Crippen molar-refractivity contribution in [2.75, 3.05) is 26.7 Å². The van der Waals surface area contributed by atoms with Crippen LogP contribution < -0.4 is 15.0 Å². The highest BCUT2D eigenvalue weighted by Gasteiger charge is 2.23. The quantitative estimate of drug-likeness (QED) is 0.391. The summed E-state index contributed by atoms with van der Waals surface area (Å²) in [7, 11) is -3.27. The Labute approximate surface area is 231 Å². The molecule has 3 heterocycles. The van der Waals surface area contributed by atoms with Gasteiger partial charge in [0, 0.05) is 38.7 Å². The van der Waals surface area contributed by atoms with E-state index in [4.69, 9.17) is 23.9 Å². The highest BCUT2D eigenvalue weighted by atomic mass is 32.2. The number of hydrogen-bond donors (Lipinski definition) is 2. The van der Waals surface area contributed by atoms with Crippen LogP contribution in [0.2, 0.25) is 0 Å². The van der Waals surface area contributed by atoms with E-state index in [-0.39, 0.29) is 29.0 Å². The molecule has 0 saturated carbocycles. The molecule has 1 saturated heterocycles. The van der Waals surface area contributed by atoms with E-state index in [2.05, 4.69) is 15.1 Å². The van der Waals surface area contributed by atoms with Crippen LogP contribution in [0.15, 0.2) is 27.9 Å². The van der Waals surface area contributed by atoms with Crippen LogP contribution in [0.3, 0.4) is 0 Å². The summed E-state index contributed by atoms with van der Waals surface area (Å²) in [5.74, 6) is -0.641. The van der Waals surface area contributed by atoms with Crippen molar-refractivity contribution in [1.29, 1.82) is 0 Å². The van der Waals surface area contributed by atoms with Gasteiger partial charge in [0.1, 0.15) is 17.1 Å². The summed E-state index contributed by atoms with van der Waals surface area (Å²) in [5.41, 5.74) is -4.36. The van der Waals surface area contributed by atoms with E-state index in [1.165, 1.54) is 0 Å². The van der Waals surface area contributed by atoms with Gasteiger partial charge in [0.05, 0.1) is 22.8 Å². The van der Waals surface area contributed by atoms with Gasteiger partial charge in [0.25, 0.3) is 5.56 Å². The maximum absolute atomic E-state index is 13.6. The number of likely N-dealkylation sites (tertiary alicyclic amines) is 1. The fourth-order valence-electron chi connectivity index (χ4n) is 3.83. The Kier molecular flexibility index (Phi) is 4.22.